The Bertz CT molecular complexity index is 181. The van der Waals surface area contributed by atoms with Crippen molar-refractivity contribution >= 4 is 5.97 Å². The lowest BCUT2D eigenvalue weighted by Gasteiger charge is -2.10. The van der Waals surface area contributed by atoms with Crippen molar-refractivity contribution in [1.82, 2.24) is 0 Å². The second-order valence-corrected chi connectivity index (χ2v) is 2.34. The Kier molecular flexibility index (Phi) is 5.92. The SMILES string of the molecule is C=C(OCC)C(=O)OCC(O)CN. The number of aliphatic hydroxyl groups excluding tert-OH is 1. The summed E-state index contributed by atoms with van der Waals surface area (Å²) in [5, 5.41) is 8.95. The zero-order valence-corrected chi connectivity index (χ0v) is 7.66. The van der Waals surface area contributed by atoms with E-state index in [2.05, 4.69) is 11.3 Å². The van der Waals surface area contributed by atoms with Gasteiger partial charge in [-0.15, -0.1) is 0 Å². The summed E-state index contributed by atoms with van der Waals surface area (Å²) < 4.78 is 9.40. The van der Waals surface area contributed by atoms with E-state index in [0.29, 0.717) is 6.61 Å². The van der Waals surface area contributed by atoms with E-state index in [4.69, 9.17) is 15.6 Å². The minimum Gasteiger partial charge on any atom is -0.487 e. The Morgan fingerprint density at radius 2 is 2.23 bits per heavy atom. The Labute approximate surface area is 77.1 Å². The van der Waals surface area contributed by atoms with Gasteiger partial charge in [-0.3, -0.25) is 0 Å². The van der Waals surface area contributed by atoms with Gasteiger partial charge in [-0.2, -0.15) is 0 Å². The Hall–Kier alpha value is -1.07. The molecule has 5 nitrogen and oxygen atoms in total. The molecule has 1 atom stereocenters. The largest absolute Gasteiger partial charge is 0.487 e. The number of esters is 1. The molecule has 0 rings (SSSR count). The van der Waals surface area contributed by atoms with Gasteiger partial charge in [0.25, 0.3) is 0 Å². The molecule has 0 spiro atoms. The average Bonchev–Trinajstić information content (AvgIpc) is 2.13. The van der Waals surface area contributed by atoms with E-state index in [1.807, 2.05) is 0 Å². The smallest absolute Gasteiger partial charge is 0.373 e. The van der Waals surface area contributed by atoms with E-state index in [1.54, 1.807) is 6.92 Å². The average molecular weight is 189 g/mol. The standard InChI is InChI=1S/C8H15NO4/c1-3-12-6(2)8(11)13-5-7(10)4-9/h7,10H,2-5,9H2,1H3. The lowest BCUT2D eigenvalue weighted by molar-refractivity contribution is -0.145. The quantitative estimate of drug-likeness (QED) is 0.331. The Morgan fingerprint density at radius 3 is 2.69 bits per heavy atom. The molecule has 0 aliphatic carbocycles. The fourth-order valence-corrected chi connectivity index (χ4v) is 0.554. The van der Waals surface area contributed by atoms with Gasteiger partial charge in [-0.1, -0.05) is 0 Å². The van der Waals surface area contributed by atoms with Gasteiger partial charge in [0.1, 0.15) is 12.7 Å². The second-order valence-electron chi connectivity index (χ2n) is 2.34. The van der Waals surface area contributed by atoms with Gasteiger partial charge in [0.2, 0.25) is 0 Å². The van der Waals surface area contributed by atoms with Crippen molar-refractivity contribution in [2.24, 2.45) is 5.73 Å². The van der Waals surface area contributed by atoms with Crippen LogP contribution < -0.4 is 5.73 Å². The van der Waals surface area contributed by atoms with Crippen LogP contribution in [0.1, 0.15) is 6.92 Å². The van der Waals surface area contributed by atoms with Crippen molar-refractivity contribution in [2.75, 3.05) is 19.8 Å². The minimum atomic E-state index is -0.835. The summed E-state index contributed by atoms with van der Waals surface area (Å²) in [5.41, 5.74) is 5.10. The molecule has 0 heterocycles. The number of hydrogen-bond acceptors (Lipinski definition) is 5. The summed E-state index contributed by atoms with van der Waals surface area (Å²) >= 11 is 0. The highest BCUT2D eigenvalue weighted by Gasteiger charge is 2.11. The number of rotatable bonds is 6. The highest BCUT2D eigenvalue weighted by molar-refractivity contribution is 5.85. The molecule has 0 aromatic rings. The topological polar surface area (TPSA) is 81.8 Å². The minimum absolute atomic E-state index is 0.0500. The molecule has 5 heteroatoms. The van der Waals surface area contributed by atoms with Crippen LogP contribution in [0.5, 0.6) is 0 Å². The summed E-state index contributed by atoms with van der Waals surface area (Å²) in [6.45, 7) is 5.33. The highest BCUT2D eigenvalue weighted by Crippen LogP contribution is 1.97. The molecule has 76 valence electrons. The van der Waals surface area contributed by atoms with Crippen LogP contribution in [0.25, 0.3) is 0 Å². The van der Waals surface area contributed by atoms with E-state index in [1.165, 1.54) is 0 Å². The van der Waals surface area contributed by atoms with Gasteiger partial charge in [0.05, 0.1) is 6.61 Å². The molecule has 0 saturated carbocycles. The molecule has 3 N–H and O–H groups in total. The molecule has 0 aromatic heterocycles. The van der Waals surface area contributed by atoms with E-state index in [0.717, 1.165) is 0 Å². The normalized spacial score (nSPS) is 11.9. The van der Waals surface area contributed by atoms with Gasteiger partial charge >= 0.3 is 5.97 Å². The molecule has 0 aliphatic heterocycles. The summed E-state index contributed by atoms with van der Waals surface area (Å²) in [6.07, 6.45) is -0.835. The van der Waals surface area contributed by atoms with E-state index in [-0.39, 0.29) is 18.9 Å². The first-order valence-electron chi connectivity index (χ1n) is 3.98. The molecule has 0 aromatic carbocycles. The molecule has 0 saturated heterocycles. The predicted octanol–water partition coefficient (Wildman–Crippen LogP) is -0.601. The summed E-state index contributed by atoms with van der Waals surface area (Å²) in [6, 6.07) is 0. The molecule has 13 heavy (non-hydrogen) atoms. The fourth-order valence-electron chi connectivity index (χ4n) is 0.554. The first kappa shape index (κ1) is 11.9. The molecule has 0 aliphatic rings. The molecule has 0 bridgehead atoms. The van der Waals surface area contributed by atoms with Crippen molar-refractivity contribution in [2.45, 2.75) is 13.0 Å². The maximum atomic E-state index is 11.0. The number of carbonyl (C=O) groups is 1. The molecule has 0 amide bonds. The maximum Gasteiger partial charge on any atom is 0.373 e. The van der Waals surface area contributed by atoms with Crippen LogP contribution in [0.3, 0.4) is 0 Å². The van der Waals surface area contributed by atoms with E-state index >= 15 is 0 Å². The van der Waals surface area contributed by atoms with Crippen LogP contribution >= 0.6 is 0 Å². The van der Waals surface area contributed by atoms with Crippen molar-refractivity contribution in [1.29, 1.82) is 0 Å². The molecular formula is C8H15NO4. The summed E-state index contributed by atoms with van der Waals surface area (Å²) in [4.78, 5) is 11.0. The number of ether oxygens (including phenoxy) is 2. The van der Waals surface area contributed by atoms with Crippen LogP contribution in [-0.4, -0.2) is 36.9 Å². The molecule has 0 radical (unpaired) electrons. The zero-order valence-electron chi connectivity index (χ0n) is 7.66. The Morgan fingerprint density at radius 1 is 1.62 bits per heavy atom. The van der Waals surface area contributed by atoms with Gasteiger partial charge in [-0.25, -0.2) is 4.79 Å². The van der Waals surface area contributed by atoms with Gasteiger partial charge in [0, 0.05) is 6.54 Å². The van der Waals surface area contributed by atoms with Gasteiger partial charge in [-0.05, 0) is 13.5 Å². The summed E-state index contributed by atoms with van der Waals surface area (Å²) in [7, 11) is 0. The first-order valence-corrected chi connectivity index (χ1v) is 3.98. The van der Waals surface area contributed by atoms with Crippen molar-refractivity contribution in [3.05, 3.63) is 12.3 Å². The van der Waals surface area contributed by atoms with Crippen molar-refractivity contribution in [3.63, 3.8) is 0 Å². The van der Waals surface area contributed by atoms with Crippen LogP contribution in [0.4, 0.5) is 0 Å². The molecular weight excluding hydrogens is 174 g/mol. The first-order chi connectivity index (χ1) is 6.11. The molecule has 0 fully saturated rings. The number of aliphatic hydroxyl groups is 1. The number of carbonyl (C=O) groups excluding carboxylic acids is 1. The fraction of sp³-hybridized carbons (Fsp3) is 0.625. The maximum absolute atomic E-state index is 11.0. The van der Waals surface area contributed by atoms with E-state index in [9.17, 15) is 4.79 Å². The third-order valence-corrected chi connectivity index (χ3v) is 1.23. The number of hydrogen-bond donors (Lipinski definition) is 2. The lowest BCUT2D eigenvalue weighted by atomic mass is 10.4. The number of nitrogens with two attached hydrogens (primary N) is 1. The summed E-state index contributed by atoms with van der Waals surface area (Å²) in [5.74, 6) is -0.735. The highest BCUT2D eigenvalue weighted by atomic mass is 16.6. The third kappa shape index (κ3) is 5.21. The van der Waals surface area contributed by atoms with Crippen LogP contribution in [-0.2, 0) is 14.3 Å². The predicted molar refractivity (Wildman–Crippen MR) is 46.8 cm³/mol. The van der Waals surface area contributed by atoms with Gasteiger partial charge < -0.3 is 20.3 Å². The van der Waals surface area contributed by atoms with Crippen molar-refractivity contribution in [3.8, 4) is 0 Å². The van der Waals surface area contributed by atoms with Crippen LogP contribution in [0.2, 0.25) is 0 Å². The van der Waals surface area contributed by atoms with Crippen molar-refractivity contribution < 1.29 is 19.4 Å². The zero-order chi connectivity index (χ0) is 10.3. The molecule has 1 unspecified atom stereocenters. The third-order valence-electron chi connectivity index (χ3n) is 1.23. The van der Waals surface area contributed by atoms with Crippen LogP contribution in [0.15, 0.2) is 12.3 Å². The monoisotopic (exact) mass is 189 g/mol. The van der Waals surface area contributed by atoms with Gasteiger partial charge in [0.15, 0.2) is 5.76 Å². The lowest BCUT2D eigenvalue weighted by Crippen LogP contribution is -2.27. The Balaban J connectivity index is 3.68. The van der Waals surface area contributed by atoms with Crippen LogP contribution in [0, 0.1) is 0 Å². The second kappa shape index (κ2) is 6.45. The van der Waals surface area contributed by atoms with E-state index < -0.39 is 12.1 Å².